The molecule has 6 nitrogen and oxygen atoms in total. The zero-order valence-corrected chi connectivity index (χ0v) is 19.9. The maximum Gasteiger partial charge on any atom is 0.191 e. The Morgan fingerprint density at radius 3 is 2.71 bits per heavy atom. The van der Waals surface area contributed by atoms with E-state index < -0.39 is 5.60 Å². The topological polar surface area (TPSA) is 63.1 Å². The minimum atomic E-state index is -0.945. The average molecular weight is 444 g/mol. The molecule has 1 aromatic heterocycles. The molecule has 31 heavy (non-hydrogen) atoms. The summed E-state index contributed by atoms with van der Waals surface area (Å²) in [7, 11) is 2.21. The second-order valence-electron chi connectivity index (χ2n) is 8.45. The van der Waals surface area contributed by atoms with Gasteiger partial charge in [-0.3, -0.25) is 4.90 Å². The standard InChI is InChI=1S/C24H37N5OS/c1-4-25-23(27-19-24(2,30)22-12-8-17-31-22)26-13-9-14-29-16-15-28(3)18-21(29)20-10-6-5-7-11-20/h5-8,10-12,17,21,30H,4,9,13-16,18-19H2,1-3H3,(H2,25,26,27). The molecule has 0 radical (unpaired) electrons. The van der Waals surface area contributed by atoms with Gasteiger partial charge in [0.25, 0.3) is 0 Å². The highest BCUT2D eigenvalue weighted by Crippen LogP contribution is 2.26. The van der Waals surface area contributed by atoms with Gasteiger partial charge >= 0.3 is 0 Å². The van der Waals surface area contributed by atoms with Crippen molar-refractivity contribution >= 4 is 17.3 Å². The Morgan fingerprint density at radius 1 is 1.19 bits per heavy atom. The van der Waals surface area contributed by atoms with Crippen LogP contribution in [0.25, 0.3) is 0 Å². The van der Waals surface area contributed by atoms with E-state index in [1.54, 1.807) is 11.3 Å². The lowest BCUT2D eigenvalue weighted by molar-refractivity contribution is 0.0711. The Morgan fingerprint density at radius 2 is 2.00 bits per heavy atom. The van der Waals surface area contributed by atoms with Crippen molar-refractivity contribution in [1.29, 1.82) is 0 Å². The van der Waals surface area contributed by atoms with E-state index in [4.69, 9.17) is 0 Å². The molecule has 2 aromatic rings. The molecule has 3 N–H and O–H groups in total. The largest absolute Gasteiger partial charge is 0.383 e. The van der Waals surface area contributed by atoms with E-state index in [2.05, 4.69) is 69.7 Å². The third-order valence-electron chi connectivity index (χ3n) is 5.73. The number of benzene rings is 1. The van der Waals surface area contributed by atoms with Crippen LogP contribution in [0, 0.1) is 0 Å². The molecular formula is C24H37N5OS. The van der Waals surface area contributed by atoms with Crippen LogP contribution < -0.4 is 10.6 Å². The van der Waals surface area contributed by atoms with Crippen molar-refractivity contribution in [3.63, 3.8) is 0 Å². The first-order valence-corrected chi connectivity index (χ1v) is 12.1. The third kappa shape index (κ3) is 7.04. The quantitative estimate of drug-likeness (QED) is 0.316. The molecular weight excluding hydrogens is 406 g/mol. The summed E-state index contributed by atoms with van der Waals surface area (Å²) in [5.41, 5.74) is 0.451. The van der Waals surface area contributed by atoms with Gasteiger partial charge < -0.3 is 20.6 Å². The average Bonchev–Trinajstić information content (AvgIpc) is 3.32. The molecule has 0 aliphatic carbocycles. The third-order valence-corrected chi connectivity index (χ3v) is 6.86. The van der Waals surface area contributed by atoms with Crippen LogP contribution in [0.1, 0.15) is 36.8 Å². The Hall–Kier alpha value is -1.93. The molecule has 0 saturated carbocycles. The predicted molar refractivity (Wildman–Crippen MR) is 131 cm³/mol. The lowest BCUT2D eigenvalue weighted by Gasteiger charge is -2.40. The fourth-order valence-electron chi connectivity index (χ4n) is 3.94. The summed E-state index contributed by atoms with van der Waals surface area (Å²) in [6.07, 6.45) is 1.04. The smallest absolute Gasteiger partial charge is 0.191 e. The highest BCUT2D eigenvalue weighted by Gasteiger charge is 2.26. The summed E-state index contributed by atoms with van der Waals surface area (Å²) in [5, 5.41) is 19.4. The lowest BCUT2D eigenvalue weighted by Crippen LogP contribution is -2.47. The number of likely N-dealkylation sites (N-methyl/N-ethyl adjacent to an activating group) is 1. The van der Waals surface area contributed by atoms with Crippen LogP contribution >= 0.6 is 11.3 Å². The van der Waals surface area contributed by atoms with Gasteiger partial charge in [-0.15, -0.1) is 11.3 Å². The molecule has 7 heteroatoms. The van der Waals surface area contributed by atoms with E-state index >= 15 is 0 Å². The Balaban J connectivity index is 1.51. The van der Waals surface area contributed by atoms with E-state index in [0.717, 1.165) is 56.5 Å². The van der Waals surface area contributed by atoms with Gasteiger partial charge in [-0.05, 0) is 44.3 Å². The second-order valence-corrected chi connectivity index (χ2v) is 9.40. The summed E-state index contributed by atoms with van der Waals surface area (Å²) in [5.74, 6) is 0.761. The van der Waals surface area contributed by atoms with Crippen molar-refractivity contribution in [2.75, 3.05) is 52.9 Å². The van der Waals surface area contributed by atoms with Crippen LogP contribution in [0.15, 0.2) is 52.8 Å². The summed E-state index contributed by atoms with van der Waals surface area (Å²) in [6.45, 7) is 10.2. The van der Waals surface area contributed by atoms with Crippen LogP contribution in [0.3, 0.4) is 0 Å². The first kappa shape index (κ1) is 23.7. The van der Waals surface area contributed by atoms with Crippen molar-refractivity contribution in [2.45, 2.75) is 31.9 Å². The maximum atomic E-state index is 10.7. The number of hydrogen-bond acceptors (Lipinski definition) is 5. The fraction of sp³-hybridized carbons (Fsp3) is 0.542. The van der Waals surface area contributed by atoms with Gasteiger partial charge in [0.05, 0.1) is 6.54 Å². The highest BCUT2D eigenvalue weighted by molar-refractivity contribution is 7.10. The molecule has 1 aromatic carbocycles. The Bertz CT molecular complexity index is 794. The van der Waals surface area contributed by atoms with Gasteiger partial charge in [0, 0.05) is 50.2 Å². The number of rotatable bonds is 9. The van der Waals surface area contributed by atoms with Gasteiger partial charge in [-0.25, -0.2) is 4.99 Å². The molecule has 1 aliphatic heterocycles. The van der Waals surface area contributed by atoms with Crippen molar-refractivity contribution in [3.8, 4) is 0 Å². The Labute approximate surface area is 191 Å². The van der Waals surface area contributed by atoms with Crippen LogP contribution in [-0.2, 0) is 5.60 Å². The number of aliphatic hydroxyl groups is 1. The highest BCUT2D eigenvalue weighted by atomic mass is 32.1. The minimum absolute atomic E-state index is 0.331. The van der Waals surface area contributed by atoms with Crippen molar-refractivity contribution in [2.24, 2.45) is 4.99 Å². The van der Waals surface area contributed by atoms with E-state index in [-0.39, 0.29) is 0 Å². The molecule has 2 unspecified atom stereocenters. The fourth-order valence-corrected chi connectivity index (χ4v) is 4.72. The van der Waals surface area contributed by atoms with E-state index in [1.165, 1.54) is 5.56 Å². The van der Waals surface area contributed by atoms with Crippen LogP contribution in [-0.4, -0.2) is 73.7 Å². The normalized spacial score (nSPS) is 20.4. The molecule has 2 atom stereocenters. The summed E-state index contributed by atoms with van der Waals surface area (Å²) >= 11 is 1.56. The van der Waals surface area contributed by atoms with Crippen molar-refractivity contribution in [1.82, 2.24) is 20.4 Å². The zero-order valence-electron chi connectivity index (χ0n) is 19.1. The molecule has 0 amide bonds. The number of nitrogens with zero attached hydrogens (tertiary/aromatic N) is 3. The van der Waals surface area contributed by atoms with Crippen molar-refractivity contribution < 1.29 is 5.11 Å². The SMILES string of the molecule is CCNC(=NCC(C)(O)c1cccs1)NCCCN1CCN(C)CC1c1ccccc1. The number of nitrogens with one attached hydrogen (secondary N) is 2. The molecule has 2 heterocycles. The van der Waals surface area contributed by atoms with Crippen molar-refractivity contribution in [3.05, 3.63) is 58.3 Å². The molecule has 0 spiro atoms. The van der Waals surface area contributed by atoms with E-state index in [9.17, 15) is 5.11 Å². The molecule has 3 rings (SSSR count). The first-order chi connectivity index (χ1) is 15.0. The summed E-state index contributed by atoms with van der Waals surface area (Å²) < 4.78 is 0. The molecule has 1 aliphatic rings. The maximum absolute atomic E-state index is 10.7. The molecule has 170 valence electrons. The van der Waals surface area contributed by atoms with Crippen LogP contribution in [0.5, 0.6) is 0 Å². The lowest BCUT2D eigenvalue weighted by atomic mass is 10.0. The summed E-state index contributed by atoms with van der Waals surface area (Å²) in [6, 6.07) is 15.2. The van der Waals surface area contributed by atoms with Crippen LogP contribution in [0.2, 0.25) is 0 Å². The molecule has 0 bridgehead atoms. The monoisotopic (exact) mass is 443 g/mol. The molecule has 1 fully saturated rings. The molecule has 1 saturated heterocycles. The van der Waals surface area contributed by atoms with Gasteiger partial charge in [0.1, 0.15) is 5.60 Å². The number of guanidine groups is 1. The van der Waals surface area contributed by atoms with Gasteiger partial charge in [0.2, 0.25) is 0 Å². The second kappa shape index (κ2) is 11.6. The number of piperazine rings is 1. The van der Waals surface area contributed by atoms with Gasteiger partial charge in [-0.1, -0.05) is 36.4 Å². The summed E-state index contributed by atoms with van der Waals surface area (Å²) in [4.78, 5) is 10.6. The Kier molecular flexibility index (Phi) is 8.90. The van der Waals surface area contributed by atoms with Gasteiger partial charge in [-0.2, -0.15) is 0 Å². The number of hydrogen-bond donors (Lipinski definition) is 3. The first-order valence-electron chi connectivity index (χ1n) is 11.3. The minimum Gasteiger partial charge on any atom is -0.383 e. The van der Waals surface area contributed by atoms with Crippen LogP contribution in [0.4, 0.5) is 0 Å². The zero-order chi connectivity index (χ0) is 22.1. The number of aliphatic imine (C=N–C) groups is 1. The van der Waals surface area contributed by atoms with E-state index in [1.807, 2.05) is 24.4 Å². The van der Waals surface area contributed by atoms with Gasteiger partial charge in [0.15, 0.2) is 5.96 Å². The predicted octanol–water partition coefficient (Wildman–Crippen LogP) is 2.89. The van der Waals surface area contributed by atoms with E-state index in [0.29, 0.717) is 12.6 Å². The number of thiophene rings is 1.